The summed E-state index contributed by atoms with van der Waals surface area (Å²) >= 11 is 0. The predicted molar refractivity (Wildman–Crippen MR) is 78.1 cm³/mol. The van der Waals surface area contributed by atoms with Crippen molar-refractivity contribution >= 4 is 5.91 Å². The number of piperazine rings is 1. The predicted octanol–water partition coefficient (Wildman–Crippen LogP) is -0.532. The second-order valence-electron chi connectivity index (χ2n) is 5.76. The summed E-state index contributed by atoms with van der Waals surface area (Å²) in [4.78, 5) is 18.6. The zero-order valence-corrected chi connectivity index (χ0v) is 12.1. The van der Waals surface area contributed by atoms with Crippen LogP contribution in [0, 0.1) is 18.3 Å². The van der Waals surface area contributed by atoms with E-state index < -0.39 is 0 Å². The van der Waals surface area contributed by atoms with Gasteiger partial charge in [-0.25, -0.2) is 0 Å². The van der Waals surface area contributed by atoms with Gasteiger partial charge in [-0.1, -0.05) is 5.92 Å². The summed E-state index contributed by atoms with van der Waals surface area (Å²) in [5.41, 5.74) is 0. The smallest absolute Gasteiger partial charge is 0.236 e. The number of rotatable bonds is 4. The van der Waals surface area contributed by atoms with Crippen molar-refractivity contribution < 1.29 is 9.90 Å². The quantitative estimate of drug-likeness (QED) is 0.703. The summed E-state index contributed by atoms with van der Waals surface area (Å²) in [6.45, 7) is 6.65. The zero-order chi connectivity index (χ0) is 14.4. The number of terminal acetylenes is 1. The Kier molecular flexibility index (Phi) is 5.84. The van der Waals surface area contributed by atoms with Gasteiger partial charge in [0, 0.05) is 32.8 Å². The molecule has 0 saturated carbocycles. The van der Waals surface area contributed by atoms with Crippen molar-refractivity contribution in [2.24, 2.45) is 5.92 Å². The molecule has 0 radical (unpaired) electrons. The van der Waals surface area contributed by atoms with Crippen molar-refractivity contribution in [2.75, 3.05) is 59.0 Å². The summed E-state index contributed by atoms with van der Waals surface area (Å²) in [7, 11) is 0. The molecule has 112 valence electrons. The first kappa shape index (κ1) is 15.3. The Morgan fingerprint density at radius 1 is 1.10 bits per heavy atom. The van der Waals surface area contributed by atoms with Crippen molar-refractivity contribution in [3.8, 4) is 12.3 Å². The number of hydrogen-bond donors (Lipinski definition) is 1. The second kappa shape index (κ2) is 7.63. The van der Waals surface area contributed by atoms with Gasteiger partial charge in [-0.3, -0.25) is 14.6 Å². The van der Waals surface area contributed by atoms with Crippen LogP contribution < -0.4 is 0 Å². The van der Waals surface area contributed by atoms with Gasteiger partial charge in [0.2, 0.25) is 5.91 Å². The molecular formula is C15H25N3O2. The number of likely N-dealkylation sites (tertiary alicyclic amines) is 1. The van der Waals surface area contributed by atoms with E-state index in [0.717, 1.165) is 52.1 Å². The standard InChI is InChI=1S/C15H25N3O2/c1-2-5-16-8-10-18(11-9-16)15(20)12-17-6-3-14(13-19)4-7-17/h1,14,19H,3-13H2. The minimum atomic E-state index is 0.229. The molecule has 0 spiro atoms. The third-order valence-electron chi connectivity index (χ3n) is 4.36. The summed E-state index contributed by atoms with van der Waals surface area (Å²) in [6, 6.07) is 0. The molecule has 2 aliphatic heterocycles. The van der Waals surface area contributed by atoms with E-state index in [0.29, 0.717) is 19.0 Å². The molecule has 0 aliphatic carbocycles. The fraction of sp³-hybridized carbons (Fsp3) is 0.800. The van der Waals surface area contributed by atoms with Crippen LogP contribution in [0.5, 0.6) is 0 Å². The van der Waals surface area contributed by atoms with Gasteiger partial charge in [0.25, 0.3) is 0 Å². The Morgan fingerprint density at radius 3 is 2.30 bits per heavy atom. The summed E-state index contributed by atoms with van der Waals surface area (Å²) in [6.07, 6.45) is 7.30. The first-order valence-corrected chi connectivity index (χ1v) is 7.49. The van der Waals surface area contributed by atoms with Crippen LogP contribution in [0.4, 0.5) is 0 Å². The van der Waals surface area contributed by atoms with Gasteiger partial charge in [0.1, 0.15) is 0 Å². The number of carbonyl (C=O) groups is 1. The average Bonchev–Trinajstić information content (AvgIpc) is 2.49. The number of carbonyl (C=O) groups excluding carboxylic acids is 1. The third-order valence-corrected chi connectivity index (χ3v) is 4.36. The Hall–Kier alpha value is -1.09. The maximum Gasteiger partial charge on any atom is 0.236 e. The van der Waals surface area contributed by atoms with Gasteiger partial charge in [-0.05, 0) is 31.8 Å². The highest BCUT2D eigenvalue weighted by Crippen LogP contribution is 2.16. The van der Waals surface area contributed by atoms with Crippen LogP contribution in [-0.4, -0.2) is 84.7 Å². The van der Waals surface area contributed by atoms with Crippen molar-refractivity contribution in [2.45, 2.75) is 12.8 Å². The molecule has 0 aromatic carbocycles. The number of aliphatic hydroxyl groups excluding tert-OH is 1. The van der Waals surface area contributed by atoms with E-state index in [4.69, 9.17) is 11.5 Å². The summed E-state index contributed by atoms with van der Waals surface area (Å²) in [5, 5.41) is 9.12. The van der Waals surface area contributed by atoms with Gasteiger partial charge in [0.05, 0.1) is 13.1 Å². The SMILES string of the molecule is C#CCN1CCN(C(=O)CN2CCC(CO)CC2)CC1. The third kappa shape index (κ3) is 4.20. The molecule has 0 bridgehead atoms. The van der Waals surface area contributed by atoms with Crippen LogP contribution in [0.3, 0.4) is 0 Å². The number of aliphatic hydroxyl groups is 1. The highest BCUT2D eigenvalue weighted by atomic mass is 16.3. The summed E-state index contributed by atoms with van der Waals surface area (Å²) < 4.78 is 0. The molecular weight excluding hydrogens is 254 g/mol. The molecule has 2 fully saturated rings. The number of nitrogens with zero attached hydrogens (tertiary/aromatic N) is 3. The fourth-order valence-electron chi connectivity index (χ4n) is 2.90. The summed E-state index contributed by atoms with van der Waals surface area (Å²) in [5.74, 6) is 3.30. The Balaban J connectivity index is 1.70. The molecule has 0 unspecified atom stereocenters. The van der Waals surface area contributed by atoms with E-state index in [1.54, 1.807) is 0 Å². The van der Waals surface area contributed by atoms with Crippen LogP contribution in [-0.2, 0) is 4.79 Å². The lowest BCUT2D eigenvalue weighted by Crippen LogP contribution is -2.51. The molecule has 2 heterocycles. The van der Waals surface area contributed by atoms with Crippen LogP contribution >= 0.6 is 0 Å². The Morgan fingerprint density at radius 2 is 1.75 bits per heavy atom. The lowest BCUT2D eigenvalue weighted by Gasteiger charge is -2.36. The van der Waals surface area contributed by atoms with Crippen molar-refractivity contribution in [3.63, 3.8) is 0 Å². The molecule has 5 nitrogen and oxygen atoms in total. The molecule has 2 aliphatic rings. The van der Waals surface area contributed by atoms with E-state index >= 15 is 0 Å². The van der Waals surface area contributed by atoms with Crippen LogP contribution in [0.15, 0.2) is 0 Å². The maximum absolute atomic E-state index is 12.3. The van der Waals surface area contributed by atoms with Gasteiger partial charge in [-0.2, -0.15) is 0 Å². The molecule has 1 amide bonds. The van der Waals surface area contributed by atoms with Gasteiger partial charge >= 0.3 is 0 Å². The van der Waals surface area contributed by atoms with Gasteiger partial charge < -0.3 is 10.0 Å². The topological polar surface area (TPSA) is 47.0 Å². The van der Waals surface area contributed by atoms with E-state index in [2.05, 4.69) is 15.7 Å². The first-order chi connectivity index (χ1) is 9.72. The molecule has 2 rings (SSSR count). The van der Waals surface area contributed by atoms with Gasteiger partial charge in [0.15, 0.2) is 0 Å². The molecule has 1 N–H and O–H groups in total. The minimum Gasteiger partial charge on any atom is -0.396 e. The van der Waals surface area contributed by atoms with Crippen molar-refractivity contribution in [1.82, 2.24) is 14.7 Å². The van der Waals surface area contributed by atoms with Crippen LogP contribution in [0.2, 0.25) is 0 Å². The molecule has 20 heavy (non-hydrogen) atoms. The first-order valence-electron chi connectivity index (χ1n) is 7.49. The molecule has 2 saturated heterocycles. The molecule has 0 aromatic heterocycles. The molecule has 0 atom stereocenters. The highest BCUT2D eigenvalue weighted by Gasteiger charge is 2.24. The monoisotopic (exact) mass is 279 g/mol. The van der Waals surface area contributed by atoms with Crippen molar-refractivity contribution in [3.05, 3.63) is 0 Å². The van der Waals surface area contributed by atoms with E-state index in [1.165, 1.54) is 0 Å². The number of piperidine rings is 1. The normalized spacial score (nSPS) is 22.7. The van der Waals surface area contributed by atoms with E-state index in [-0.39, 0.29) is 12.5 Å². The fourth-order valence-corrected chi connectivity index (χ4v) is 2.90. The van der Waals surface area contributed by atoms with Crippen LogP contribution in [0.1, 0.15) is 12.8 Å². The number of amides is 1. The largest absolute Gasteiger partial charge is 0.396 e. The highest BCUT2D eigenvalue weighted by molar-refractivity contribution is 5.78. The number of hydrogen-bond acceptors (Lipinski definition) is 4. The van der Waals surface area contributed by atoms with E-state index in [9.17, 15) is 4.79 Å². The maximum atomic E-state index is 12.3. The Labute approximate surface area is 121 Å². The lowest BCUT2D eigenvalue weighted by molar-refractivity contribution is -0.134. The lowest BCUT2D eigenvalue weighted by atomic mass is 9.98. The second-order valence-corrected chi connectivity index (χ2v) is 5.76. The minimum absolute atomic E-state index is 0.229. The zero-order valence-electron chi connectivity index (χ0n) is 12.1. The van der Waals surface area contributed by atoms with Gasteiger partial charge in [-0.15, -0.1) is 6.42 Å². The van der Waals surface area contributed by atoms with Crippen molar-refractivity contribution in [1.29, 1.82) is 0 Å². The molecule has 5 heteroatoms. The molecule has 0 aromatic rings. The average molecular weight is 279 g/mol. The van der Waals surface area contributed by atoms with E-state index in [1.807, 2.05) is 4.90 Å². The Bertz CT molecular complexity index is 351. The van der Waals surface area contributed by atoms with Crippen LogP contribution in [0.25, 0.3) is 0 Å².